The van der Waals surface area contributed by atoms with E-state index in [2.05, 4.69) is 0 Å². The van der Waals surface area contributed by atoms with Gasteiger partial charge in [-0.3, -0.25) is 19.2 Å². The van der Waals surface area contributed by atoms with Gasteiger partial charge in [0.2, 0.25) is 0 Å². The molecule has 152 valence electrons. The summed E-state index contributed by atoms with van der Waals surface area (Å²) in [4.78, 5) is 49.2. The minimum Gasteiger partial charge on any atom is -0.294 e. The van der Waals surface area contributed by atoms with Gasteiger partial charge in [0.1, 0.15) is 0 Å². The topological polar surface area (TPSA) is 68.3 Å². The molecule has 0 heterocycles. The molecule has 2 rings (SSSR count). The second kappa shape index (κ2) is 10.1. The first-order chi connectivity index (χ1) is 13.9. The third kappa shape index (κ3) is 5.14. The van der Waals surface area contributed by atoms with E-state index < -0.39 is 0 Å². The molecule has 0 aliphatic heterocycles. The Labute approximate surface area is 172 Å². The number of benzene rings is 2. The van der Waals surface area contributed by atoms with Gasteiger partial charge in [0.05, 0.1) is 0 Å². The molecule has 0 N–H and O–H groups in total. The maximum Gasteiger partial charge on any atom is 0.162 e. The normalized spacial score (nSPS) is 10.6. The predicted octanol–water partition coefficient (Wildman–Crippen LogP) is 5.65. The third-order valence-electron chi connectivity index (χ3n) is 5.13. The van der Waals surface area contributed by atoms with Gasteiger partial charge >= 0.3 is 0 Å². The highest BCUT2D eigenvalue weighted by Crippen LogP contribution is 2.23. The molecule has 0 fully saturated rings. The fourth-order valence-corrected chi connectivity index (χ4v) is 3.32. The Hall–Kier alpha value is -2.88. The highest BCUT2D eigenvalue weighted by atomic mass is 16.1. The molecular weight excluding hydrogens is 364 g/mol. The van der Waals surface area contributed by atoms with Crippen LogP contribution in [0.5, 0.6) is 0 Å². The molecule has 4 nitrogen and oxygen atoms in total. The molecule has 0 saturated carbocycles. The van der Waals surface area contributed by atoms with Crippen molar-refractivity contribution in [3.8, 4) is 0 Å². The zero-order valence-corrected chi connectivity index (χ0v) is 17.6. The van der Waals surface area contributed by atoms with E-state index in [0.29, 0.717) is 54.4 Å². The van der Waals surface area contributed by atoms with Gasteiger partial charge in [-0.05, 0) is 29.7 Å². The van der Waals surface area contributed by atoms with Crippen molar-refractivity contribution in [3.63, 3.8) is 0 Å². The zero-order chi connectivity index (χ0) is 21.6. The maximum atomic E-state index is 12.5. The van der Waals surface area contributed by atoms with Crippen LogP contribution in [0.25, 0.3) is 0 Å². The van der Waals surface area contributed by atoms with Crippen molar-refractivity contribution in [2.75, 3.05) is 0 Å². The summed E-state index contributed by atoms with van der Waals surface area (Å²) in [7, 11) is 0. The maximum absolute atomic E-state index is 12.5. The number of ketones is 4. The molecular formula is C25H28O4. The summed E-state index contributed by atoms with van der Waals surface area (Å²) < 4.78 is 0. The quantitative estimate of drug-likeness (QED) is 0.490. The molecule has 0 spiro atoms. The molecule has 0 bridgehead atoms. The average molecular weight is 392 g/mol. The molecule has 0 unspecified atom stereocenters. The number of carbonyl (C=O) groups excluding carboxylic acids is 4. The number of hydrogen-bond acceptors (Lipinski definition) is 4. The minimum absolute atomic E-state index is 0.00835. The lowest BCUT2D eigenvalue weighted by Crippen LogP contribution is -2.10. The minimum atomic E-state index is -0.0353. The van der Waals surface area contributed by atoms with Crippen LogP contribution in [0.1, 0.15) is 106 Å². The summed E-state index contributed by atoms with van der Waals surface area (Å²) in [6.45, 7) is 7.16. The van der Waals surface area contributed by atoms with E-state index in [1.165, 1.54) is 0 Å². The molecule has 2 aromatic rings. The molecule has 0 radical (unpaired) electrons. The Kier molecular flexibility index (Phi) is 7.77. The summed E-state index contributed by atoms with van der Waals surface area (Å²) in [6, 6.07) is 10.4. The van der Waals surface area contributed by atoms with E-state index in [9.17, 15) is 19.2 Å². The van der Waals surface area contributed by atoms with Crippen LogP contribution >= 0.6 is 0 Å². The summed E-state index contributed by atoms with van der Waals surface area (Å²) in [6.07, 6.45) is 1.81. The Bertz CT molecular complexity index is 876. The predicted molar refractivity (Wildman–Crippen MR) is 114 cm³/mol. The van der Waals surface area contributed by atoms with E-state index >= 15 is 0 Å². The molecule has 0 atom stereocenters. The van der Waals surface area contributed by atoms with Crippen molar-refractivity contribution >= 4 is 23.1 Å². The van der Waals surface area contributed by atoms with Crippen molar-refractivity contribution in [2.24, 2.45) is 0 Å². The standard InChI is InChI=1S/C25H28O4/c1-5-22(26)18-11-9-16(20(14-18)24(28)7-3)13-17-10-12-19(23(27)6-2)15-21(17)25(29)8-4/h9-12,14-15H,5-8,13H2,1-4H3. The monoisotopic (exact) mass is 392 g/mol. The fraction of sp³-hybridized carbons (Fsp3) is 0.360. The van der Waals surface area contributed by atoms with Gasteiger partial charge in [0, 0.05) is 47.9 Å². The SMILES string of the molecule is CCC(=O)c1ccc(Cc2ccc(C(=O)CC)cc2C(=O)CC)c(C(=O)CC)c1. The Morgan fingerprint density at radius 3 is 1.21 bits per heavy atom. The molecule has 0 aliphatic carbocycles. The van der Waals surface area contributed by atoms with Crippen molar-refractivity contribution in [1.29, 1.82) is 0 Å². The third-order valence-corrected chi connectivity index (χ3v) is 5.13. The summed E-state index contributed by atoms with van der Waals surface area (Å²) in [5.74, 6) is -0.0872. The van der Waals surface area contributed by atoms with E-state index in [1.807, 2.05) is 0 Å². The van der Waals surface area contributed by atoms with Crippen molar-refractivity contribution in [3.05, 3.63) is 69.8 Å². The van der Waals surface area contributed by atoms with Crippen molar-refractivity contribution in [1.82, 2.24) is 0 Å². The van der Waals surface area contributed by atoms with Gasteiger partial charge in [-0.15, -0.1) is 0 Å². The first-order valence-electron chi connectivity index (χ1n) is 10.2. The van der Waals surface area contributed by atoms with E-state index in [-0.39, 0.29) is 23.1 Å². The fourth-order valence-electron chi connectivity index (χ4n) is 3.32. The second-order valence-electron chi connectivity index (χ2n) is 7.03. The van der Waals surface area contributed by atoms with Crippen molar-refractivity contribution < 1.29 is 19.2 Å². The van der Waals surface area contributed by atoms with Gasteiger partial charge < -0.3 is 0 Å². The van der Waals surface area contributed by atoms with Crippen LogP contribution in [-0.4, -0.2) is 23.1 Å². The van der Waals surface area contributed by atoms with Crippen LogP contribution in [-0.2, 0) is 6.42 Å². The Balaban J connectivity index is 2.54. The summed E-state index contributed by atoms with van der Waals surface area (Å²) >= 11 is 0. The lowest BCUT2D eigenvalue weighted by Gasteiger charge is -2.14. The van der Waals surface area contributed by atoms with E-state index in [1.54, 1.807) is 64.1 Å². The molecule has 0 aromatic heterocycles. The van der Waals surface area contributed by atoms with Crippen LogP contribution in [0.15, 0.2) is 36.4 Å². The molecule has 0 aliphatic rings. The largest absolute Gasteiger partial charge is 0.294 e. The van der Waals surface area contributed by atoms with Gasteiger partial charge in [0.25, 0.3) is 0 Å². The number of rotatable bonds is 10. The van der Waals surface area contributed by atoms with Crippen LogP contribution in [0, 0.1) is 0 Å². The lowest BCUT2D eigenvalue weighted by molar-refractivity contribution is 0.0973. The molecule has 0 amide bonds. The smallest absolute Gasteiger partial charge is 0.162 e. The average Bonchev–Trinajstić information content (AvgIpc) is 2.77. The highest BCUT2D eigenvalue weighted by molar-refractivity contribution is 6.03. The second-order valence-corrected chi connectivity index (χ2v) is 7.03. The van der Waals surface area contributed by atoms with E-state index in [0.717, 1.165) is 11.1 Å². The summed E-state index contributed by atoms with van der Waals surface area (Å²) in [5, 5.41) is 0. The van der Waals surface area contributed by atoms with Gasteiger partial charge in [-0.2, -0.15) is 0 Å². The van der Waals surface area contributed by atoms with E-state index in [4.69, 9.17) is 0 Å². The van der Waals surface area contributed by atoms with Crippen LogP contribution < -0.4 is 0 Å². The van der Waals surface area contributed by atoms with Gasteiger partial charge in [0.15, 0.2) is 23.1 Å². The van der Waals surface area contributed by atoms with Crippen LogP contribution in [0.2, 0.25) is 0 Å². The lowest BCUT2D eigenvalue weighted by atomic mass is 9.89. The molecule has 4 heteroatoms. The van der Waals surface area contributed by atoms with Crippen LogP contribution in [0.4, 0.5) is 0 Å². The Morgan fingerprint density at radius 2 is 0.897 bits per heavy atom. The van der Waals surface area contributed by atoms with Crippen LogP contribution in [0.3, 0.4) is 0 Å². The number of Topliss-reactive ketones (excluding diaryl/α,β-unsaturated/α-hetero) is 4. The number of hydrogen-bond donors (Lipinski definition) is 0. The number of carbonyl (C=O) groups is 4. The highest BCUT2D eigenvalue weighted by Gasteiger charge is 2.18. The zero-order valence-electron chi connectivity index (χ0n) is 17.6. The van der Waals surface area contributed by atoms with Gasteiger partial charge in [-0.1, -0.05) is 52.0 Å². The first-order valence-corrected chi connectivity index (χ1v) is 10.2. The van der Waals surface area contributed by atoms with Gasteiger partial charge in [-0.25, -0.2) is 0 Å². The van der Waals surface area contributed by atoms with Crippen molar-refractivity contribution in [2.45, 2.75) is 59.8 Å². The molecule has 0 saturated heterocycles. The summed E-state index contributed by atoms with van der Waals surface area (Å²) in [5.41, 5.74) is 3.67. The molecule has 2 aromatic carbocycles. The first kappa shape index (κ1) is 22.4. The molecule has 29 heavy (non-hydrogen) atoms. The Morgan fingerprint density at radius 1 is 0.552 bits per heavy atom.